The van der Waals surface area contributed by atoms with Crippen LogP contribution in [0.1, 0.15) is 41.1 Å². The van der Waals surface area contributed by atoms with Crippen LogP contribution in [0.15, 0.2) is 30.6 Å². The summed E-state index contributed by atoms with van der Waals surface area (Å²) >= 11 is 0. The summed E-state index contributed by atoms with van der Waals surface area (Å²) in [5.41, 5.74) is 2.18. The minimum atomic E-state index is -0.234. The Bertz CT molecular complexity index is 639. The summed E-state index contributed by atoms with van der Waals surface area (Å²) in [5, 5.41) is 4.40. The number of pyridine rings is 1. The van der Waals surface area contributed by atoms with Crippen molar-refractivity contribution in [2.24, 2.45) is 0 Å². The number of methoxy groups -OCH3 is 1. The van der Waals surface area contributed by atoms with Gasteiger partial charge in [-0.1, -0.05) is 13.0 Å². The van der Waals surface area contributed by atoms with Gasteiger partial charge in [0, 0.05) is 33.1 Å². The predicted octanol–water partition coefficient (Wildman–Crippen LogP) is 2.46. The minimum Gasteiger partial charge on any atom is -0.382 e. The number of ether oxygens (including phenoxy) is 1. The van der Waals surface area contributed by atoms with Crippen molar-refractivity contribution in [3.63, 3.8) is 0 Å². The molecule has 124 valence electrons. The Hall–Kier alpha value is -2.21. The standard InChI is InChI=1S/C17H24N4O2/c1-5-10-21-11-14(13(2)19-21)17(22)20(3)16(12-23-4)15-8-6-7-9-18-15/h6-9,11,16H,5,10,12H2,1-4H3/t16-/m0/s1. The van der Waals surface area contributed by atoms with Gasteiger partial charge < -0.3 is 9.64 Å². The van der Waals surface area contributed by atoms with Crippen molar-refractivity contribution in [1.29, 1.82) is 0 Å². The van der Waals surface area contributed by atoms with Gasteiger partial charge in [-0.3, -0.25) is 14.5 Å². The topological polar surface area (TPSA) is 60.2 Å². The first-order valence-electron chi connectivity index (χ1n) is 7.79. The van der Waals surface area contributed by atoms with Crippen molar-refractivity contribution < 1.29 is 9.53 Å². The summed E-state index contributed by atoms with van der Waals surface area (Å²) in [6.45, 7) is 5.14. The Kier molecular flexibility index (Phi) is 5.87. The molecule has 0 aliphatic carbocycles. The zero-order chi connectivity index (χ0) is 16.8. The van der Waals surface area contributed by atoms with E-state index in [1.165, 1.54) is 0 Å². The van der Waals surface area contributed by atoms with Gasteiger partial charge in [0.25, 0.3) is 5.91 Å². The molecule has 0 spiro atoms. The van der Waals surface area contributed by atoms with Crippen molar-refractivity contribution in [3.05, 3.63) is 47.5 Å². The lowest BCUT2D eigenvalue weighted by molar-refractivity contribution is 0.0594. The van der Waals surface area contributed by atoms with E-state index in [0.717, 1.165) is 24.4 Å². The third-order valence-corrected chi connectivity index (χ3v) is 3.77. The van der Waals surface area contributed by atoms with Crippen LogP contribution in [0.3, 0.4) is 0 Å². The van der Waals surface area contributed by atoms with Crippen LogP contribution in [0.5, 0.6) is 0 Å². The Balaban J connectivity index is 2.25. The number of amides is 1. The number of aromatic nitrogens is 3. The molecule has 2 rings (SSSR count). The van der Waals surface area contributed by atoms with Crippen LogP contribution in [-0.4, -0.2) is 46.3 Å². The molecule has 2 aromatic rings. The highest BCUT2D eigenvalue weighted by Gasteiger charge is 2.26. The normalized spacial score (nSPS) is 12.2. The monoisotopic (exact) mass is 316 g/mol. The van der Waals surface area contributed by atoms with Crippen molar-refractivity contribution in [2.75, 3.05) is 20.8 Å². The van der Waals surface area contributed by atoms with Crippen molar-refractivity contribution in [1.82, 2.24) is 19.7 Å². The van der Waals surface area contributed by atoms with Crippen LogP contribution >= 0.6 is 0 Å². The molecule has 6 nitrogen and oxygen atoms in total. The number of carbonyl (C=O) groups excluding carboxylic acids is 1. The Morgan fingerprint density at radius 1 is 1.43 bits per heavy atom. The van der Waals surface area contributed by atoms with E-state index in [-0.39, 0.29) is 11.9 Å². The van der Waals surface area contributed by atoms with Crippen LogP contribution in [0.25, 0.3) is 0 Å². The molecule has 0 aromatic carbocycles. The van der Waals surface area contributed by atoms with E-state index < -0.39 is 0 Å². The van der Waals surface area contributed by atoms with E-state index in [4.69, 9.17) is 4.74 Å². The third-order valence-electron chi connectivity index (χ3n) is 3.77. The minimum absolute atomic E-state index is 0.0717. The fourth-order valence-corrected chi connectivity index (χ4v) is 2.53. The van der Waals surface area contributed by atoms with Crippen LogP contribution in [-0.2, 0) is 11.3 Å². The largest absolute Gasteiger partial charge is 0.382 e. The number of hydrogen-bond acceptors (Lipinski definition) is 4. The molecular formula is C17H24N4O2. The van der Waals surface area contributed by atoms with Gasteiger partial charge in [0.1, 0.15) is 0 Å². The Labute approximate surface area is 137 Å². The van der Waals surface area contributed by atoms with Gasteiger partial charge in [-0.05, 0) is 25.5 Å². The van der Waals surface area contributed by atoms with E-state index in [1.54, 1.807) is 25.3 Å². The molecule has 1 atom stereocenters. The first-order chi connectivity index (χ1) is 11.1. The molecule has 0 aliphatic rings. The summed E-state index contributed by atoms with van der Waals surface area (Å²) < 4.78 is 7.11. The molecule has 0 N–H and O–H groups in total. The summed E-state index contributed by atoms with van der Waals surface area (Å²) in [6, 6.07) is 5.44. The summed E-state index contributed by atoms with van der Waals surface area (Å²) in [4.78, 5) is 18.9. The van der Waals surface area contributed by atoms with Crippen molar-refractivity contribution in [2.45, 2.75) is 32.9 Å². The Morgan fingerprint density at radius 3 is 2.83 bits per heavy atom. The number of rotatable bonds is 7. The first kappa shape index (κ1) is 17.1. The molecule has 0 saturated heterocycles. The molecule has 0 fully saturated rings. The van der Waals surface area contributed by atoms with Crippen LogP contribution in [0, 0.1) is 6.92 Å². The van der Waals surface area contributed by atoms with E-state index in [2.05, 4.69) is 17.0 Å². The molecule has 2 heterocycles. The first-order valence-corrected chi connectivity index (χ1v) is 7.79. The summed E-state index contributed by atoms with van der Waals surface area (Å²) in [5.74, 6) is -0.0717. The average Bonchev–Trinajstić information content (AvgIpc) is 2.93. The number of nitrogens with zero attached hydrogens (tertiary/aromatic N) is 4. The van der Waals surface area contributed by atoms with E-state index in [0.29, 0.717) is 12.2 Å². The van der Waals surface area contributed by atoms with Gasteiger partial charge in [0.2, 0.25) is 0 Å². The molecule has 6 heteroatoms. The fourth-order valence-electron chi connectivity index (χ4n) is 2.53. The van der Waals surface area contributed by atoms with Crippen LogP contribution in [0.4, 0.5) is 0 Å². The second-order valence-corrected chi connectivity index (χ2v) is 5.53. The highest BCUT2D eigenvalue weighted by Crippen LogP contribution is 2.21. The van der Waals surface area contributed by atoms with Gasteiger partial charge in [-0.15, -0.1) is 0 Å². The smallest absolute Gasteiger partial charge is 0.257 e. The summed E-state index contributed by atoms with van der Waals surface area (Å²) in [7, 11) is 3.40. The van der Waals surface area contributed by atoms with Crippen LogP contribution < -0.4 is 0 Å². The average molecular weight is 316 g/mol. The SMILES string of the molecule is CCCn1cc(C(=O)N(C)[C@@H](COC)c2ccccn2)c(C)n1. The maximum absolute atomic E-state index is 12.9. The van der Waals surface area contributed by atoms with Gasteiger partial charge in [0.15, 0.2) is 0 Å². The highest BCUT2D eigenvalue weighted by atomic mass is 16.5. The van der Waals surface area contributed by atoms with Gasteiger partial charge in [-0.2, -0.15) is 5.10 Å². The van der Waals surface area contributed by atoms with Crippen molar-refractivity contribution in [3.8, 4) is 0 Å². The quantitative estimate of drug-likeness (QED) is 0.787. The fraction of sp³-hybridized carbons (Fsp3) is 0.471. The Morgan fingerprint density at radius 2 is 2.22 bits per heavy atom. The molecule has 23 heavy (non-hydrogen) atoms. The van der Waals surface area contributed by atoms with Crippen molar-refractivity contribution >= 4 is 5.91 Å². The van der Waals surface area contributed by atoms with Gasteiger partial charge in [-0.25, -0.2) is 0 Å². The third kappa shape index (κ3) is 3.96. The predicted molar refractivity (Wildman–Crippen MR) is 88.2 cm³/mol. The number of aryl methyl sites for hydroxylation is 2. The zero-order valence-corrected chi connectivity index (χ0v) is 14.2. The zero-order valence-electron chi connectivity index (χ0n) is 14.2. The maximum Gasteiger partial charge on any atom is 0.257 e. The molecule has 0 unspecified atom stereocenters. The lowest BCUT2D eigenvalue weighted by Crippen LogP contribution is -2.34. The molecule has 2 aromatic heterocycles. The number of likely N-dealkylation sites (N-methyl/N-ethyl adjacent to an activating group) is 1. The van der Waals surface area contributed by atoms with Gasteiger partial charge in [0.05, 0.1) is 29.6 Å². The van der Waals surface area contributed by atoms with Gasteiger partial charge >= 0.3 is 0 Å². The molecule has 0 radical (unpaired) electrons. The highest BCUT2D eigenvalue weighted by molar-refractivity contribution is 5.95. The number of carbonyl (C=O) groups is 1. The molecular weight excluding hydrogens is 292 g/mol. The van der Waals surface area contributed by atoms with E-state index in [9.17, 15) is 4.79 Å². The second kappa shape index (κ2) is 7.87. The lowest BCUT2D eigenvalue weighted by atomic mass is 10.1. The van der Waals surface area contributed by atoms with E-state index in [1.807, 2.05) is 36.0 Å². The molecule has 0 bridgehead atoms. The summed E-state index contributed by atoms with van der Waals surface area (Å²) in [6.07, 6.45) is 4.52. The van der Waals surface area contributed by atoms with E-state index >= 15 is 0 Å². The maximum atomic E-state index is 12.9. The number of hydrogen-bond donors (Lipinski definition) is 0. The molecule has 0 aliphatic heterocycles. The second-order valence-electron chi connectivity index (χ2n) is 5.53. The molecule has 1 amide bonds. The van der Waals surface area contributed by atoms with Crippen LogP contribution in [0.2, 0.25) is 0 Å². The molecule has 0 saturated carbocycles. The lowest BCUT2D eigenvalue weighted by Gasteiger charge is -2.27.